The van der Waals surface area contributed by atoms with E-state index in [-0.39, 0.29) is 31.1 Å². The lowest BCUT2D eigenvalue weighted by atomic mass is 10.1. The van der Waals surface area contributed by atoms with Gasteiger partial charge in [-0.15, -0.1) is 0 Å². The van der Waals surface area contributed by atoms with Crippen molar-refractivity contribution in [1.82, 2.24) is 0 Å². The Bertz CT molecular complexity index is 1330. The van der Waals surface area contributed by atoms with Crippen molar-refractivity contribution in [1.29, 1.82) is 0 Å². The largest absolute Gasteiger partial charge is 0.462 e. The van der Waals surface area contributed by atoms with Crippen LogP contribution in [-0.4, -0.2) is 37.2 Å². The van der Waals surface area contributed by atoms with E-state index in [4.69, 9.17) is 14.2 Å². The number of unbranched alkanes of at least 4 members (excludes halogenated alkanes) is 15. The average molecular weight is 873 g/mol. The standard InChI is InChI=1S/C57H92O6/c1-4-7-10-13-16-19-22-23-24-25-26-27-28-29-30-31-32-33-34-35-36-39-41-44-47-50-56(59)62-53-54(63-57(60)51-48-45-42-38-21-18-15-12-9-6-3)52-61-55(58)49-46-43-40-37-20-17-14-11-8-5-2/h7,10-12,14-16,19,23-24,26-27,29-30,32-33,35-36,54H,4-6,8-9,13,17-18,20-22,25,28,31,34,37-53H2,1-3H3/b10-7-,14-11-,15-12-,19-16-,24-23-,27-26-,30-29-,33-32-,36-35-. The van der Waals surface area contributed by atoms with Crippen molar-refractivity contribution in [2.24, 2.45) is 0 Å². The van der Waals surface area contributed by atoms with Crippen molar-refractivity contribution in [2.75, 3.05) is 13.2 Å². The zero-order valence-electron chi connectivity index (χ0n) is 40.5. The molecule has 0 heterocycles. The molecular weight excluding hydrogens is 781 g/mol. The maximum Gasteiger partial charge on any atom is 0.306 e. The minimum absolute atomic E-state index is 0.0988. The second-order valence-electron chi connectivity index (χ2n) is 16.3. The minimum Gasteiger partial charge on any atom is -0.462 e. The molecule has 0 aromatic heterocycles. The molecule has 0 aromatic carbocycles. The summed E-state index contributed by atoms with van der Waals surface area (Å²) in [4.78, 5) is 37.8. The van der Waals surface area contributed by atoms with Crippen LogP contribution in [0, 0.1) is 0 Å². The van der Waals surface area contributed by atoms with Crippen molar-refractivity contribution < 1.29 is 28.6 Å². The molecule has 0 saturated carbocycles. The number of ether oxygens (including phenoxy) is 3. The monoisotopic (exact) mass is 873 g/mol. The molecule has 0 rings (SSSR count). The molecule has 356 valence electrons. The summed E-state index contributed by atoms with van der Waals surface area (Å²) in [5.74, 6) is -0.963. The number of hydrogen-bond acceptors (Lipinski definition) is 6. The van der Waals surface area contributed by atoms with E-state index >= 15 is 0 Å². The lowest BCUT2D eigenvalue weighted by Crippen LogP contribution is -2.30. The minimum atomic E-state index is -0.799. The summed E-state index contributed by atoms with van der Waals surface area (Å²) in [6, 6.07) is 0. The molecule has 0 amide bonds. The predicted molar refractivity (Wildman–Crippen MR) is 270 cm³/mol. The third-order valence-electron chi connectivity index (χ3n) is 10.2. The number of carbonyl (C=O) groups excluding carboxylic acids is 3. The third kappa shape index (κ3) is 49.0. The highest BCUT2D eigenvalue weighted by molar-refractivity contribution is 5.71. The lowest BCUT2D eigenvalue weighted by Gasteiger charge is -2.18. The normalized spacial score (nSPS) is 13.0. The van der Waals surface area contributed by atoms with Crippen LogP contribution in [0.3, 0.4) is 0 Å². The lowest BCUT2D eigenvalue weighted by molar-refractivity contribution is -0.167. The first-order chi connectivity index (χ1) is 31.0. The molecule has 0 spiro atoms. The molecule has 1 atom stereocenters. The number of hydrogen-bond donors (Lipinski definition) is 0. The van der Waals surface area contributed by atoms with Gasteiger partial charge in [-0.05, 0) is 116 Å². The van der Waals surface area contributed by atoms with E-state index in [1.165, 1.54) is 25.7 Å². The molecule has 0 aliphatic rings. The zero-order valence-corrected chi connectivity index (χ0v) is 40.5. The predicted octanol–water partition coefficient (Wildman–Crippen LogP) is 16.8. The summed E-state index contributed by atoms with van der Waals surface area (Å²) in [6.07, 6.45) is 68.0. The van der Waals surface area contributed by atoms with Gasteiger partial charge in [-0.2, -0.15) is 0 Å². The van der Waals surface area contributed by atoms with E-state index in [2.05, 4.69) is 130 Å². The van der Waals surface area contributed by atoms with Crippen LogP contribution < -0.4 is 0 Å². The Hall–Kier alpha value is -3.93. The maximum absolute atomic E-state index is 12.7. The number of carbonyl (C=O) groups is 3. The molecule has 6 nitrogen and oxygen atoms in total. The topological polar surface area (TPSA) is 78.9 Å². The van der Waals surface area contributed by atoms with Crippen LogP contribution >= 0.6 is 0 Å². The highest BCUT2D eigenvalue weighted by Crippen LogP contribution is 2.12. The molecule has 1 unspecified atom stereocenters. The summed E-state index contributed by atoms with van der Waals surface area (Å²) in [5, 5.41) is 0. The van der Waals surface area contributed by atoms with Crippen molar-refractivity contribution in [3.05, 3.63) is 109 Å². The maximum atomic E-state index is 12.7. The molecular formula is C57H92O6. The summed E-state index contributed by atoms with van der Waals surface area (Å²) < 4.78 is 16.7. The van der Waals surface area contributed by atoms with E-state index in [1.54, 1.807) is 0 Å². The van der Waals surface area contributed by atoms with Gasteiger partial charge in [0.2, 0.25) is 0 Å². The van der Waals surface area contributed by atoms with Gasteiger partial charge < -0.3 is 14.2 Å². The SMILES string of the molecule is CC/C=C\C/C=C\C/C=C\C/C=C\C/C=C\C/C=C\C/C=C\CCCCCC(=O)OCC(COC(=O)CCCCCCC/C=C\CCC)OC(=O)CCCCCCC/C=C\CCC. The van der Waals surface area contributed by atoms with Crippen molar-refractivity contribution in [3.8, 4) is 0 Å². The Morgan fingerprint density at radius 2 is 0.619 bits per heavy atom. The van der Waals surface area contributed by atoms with Crippen LogP contribution in [0.1, 0.15) is 213 Å². The first-order valence-electron chi connectivity index (χ1n) is 25.4. The van der Waals surface area contributed by atoms with Gasteiger partial charge in [-0.3, -0.25) is 14.4 Å². The molecule has 6 heteroatoms. The Labute approximate surface area is 387 Å². The zero-order chi connectivity index (χ0) is 45.8. The van der Waals surface area contributed by atoms with Crippen LogP contribution in [0.15, 0.2) is 109 Å². The van der Waals surface area contributed by atoms with Gasteiger partial charge in [0.1, 0.15) is 13.2 Å². The van der Waals surface area contributed by atoms with Gasteiger partial charge in [0.25, 0.3) is 0 Å². The molecule has 0 radical (unpaired) electrons. The fraction of sp³-hybridized carbons (Fsp3) is 0.632. The molecule has 0 saturated heterocycles. The Balaban J connectivity index is 4.34. The molecule has 0 aliphatic carbocycles. The van der Waals surface area contributed by atoms with Gasteiger partial charge in [0, 0.05) is 19.3 Å². The van der Waals surface area contributed by atoms with Gasteiger partial charge >= 0.3 is 17.9 Å². The van der Waals surface area contributed by atoms with Crippen LogP contribution in [0.2, 0.25) is 0 Å². The second kappa shape index (κ2) is 50.7. The van der Waals surface area contributed by atoms with Gasteiger partial charge in [-0.25, -0.2) is 0 Å². The Kier molecular flexibility index (Phi) is 47.5. The smallest absolute Gasteiger partial charge is 0.306 e. The number of rotatable bonds is 44. The van der Waals surface area contributed by atoms with Crippen LogP contribution in [0.5, 0.6) is 0 Å². The Morgan fingerprint density at radius 1 is 0.333 bits per heavy atom. The number of esters is 3. The van der Waals surface area contributed by atoms with E-state index in [1.807, 2.05) is 0 Å². The molecule has 0 aromatic rings. The highest BCUT2D eigenvalue weighted by atomic mass is 16.6. The van der Waals surface area contributed by atoms with Gasteiger partial charge in [0.15, 0.2) is 6.10 Å². The fourth-order valence-corrected chi connectivity index (χ4v) is 6.42. The average Bonchev–Trinajstić information content (AvgIpc) is 3.28. The Morgan fingerprint density at radius 3 is 1.00 bits per heavy atom. The van der Waals surface area contributed by atoms with Crippen molar-refractivity contribution >= 4 is 17.9 Å². The highest BCUT2D eigenvalue weighted by Gasteiger charge is 2.19. The van der Waals surface area contributed by atoms with E-state index in [9.17, 15) is 14.4 Å². The van der Waals surface area contributed by atoms with Crippen LogP contribution in [0.25, 0.3) is 0 Å². The van der Waals surface area contributed by atoms with Crippen molar-refractivity contribution in [2.45, 2.75) is 219 Å². The fourth-order valence-electron chi connectivity index (χ4n) is 6.42. The third-order valence-corrected chi connectivity index (χ3v) is 10.2. The number of allylic oxidation sites excluding steroid dienone is 18. The van der Waals surface area contributed by atoms with E-state index < -0.39 is 6.10 Å². The van der Waals surface area contributed by atoms with Gasteiger partial charge in [-0.1, -0.05) is 188 Å². The first-order valence-corrected chi connectivity index (χ1v) is 25.4. The summed E-state index contributed by atoms with van der Waals surface area (Å²) >= 11 is 0. The van der Waals surface area contributed by atoms with Crippen LogP contribution in [0.4, 0.5) is 0 Å². The van der Waals surface area contributed by atoms with Gasteiger partial charge in [0.05, 0.1) is 0 Å². The van der Waals surface area contributed by atoms with E-state index in [0.717, 1.165) is 148 Å². The first kappa shape index (κ1) is 59.1. The molecule has 0 aliphatic heterocycles. The van der Waals surface area contributed by atoms with E-state index in [0.29, 0.717) is 19.3 Å². The molecule has 0 bridgehead atoms. The quantitative estimate of drug-likeness (QED) is 0.0263. The van der Waals surface area contributed by atoms with Crippen molar-refractivity contribution in [3.63, 3.8) is 0 Å². The summed E-state index contributed by atoms with van der Waals surface area (Å²) in [7, 11) is 0. The second-order valence-corrected chi connectivity index (χ2v) is 16.3. The van der Waals surface area contributed by atoms with Crippen LogP contribution in [-0.2, 0) is 28.6 Å². The molecule has 63 heavy (non-hydrogen) atoms. The molecule has 0 N–H and O–H groups in total. The summed E-state index contributed by atoms with van der Waals surface area (Å²) in [6.45, 7) is 6.33. The molecule has 0 fully saturated rings. The summed E-state index contributed by atoms with van der Waals surface area (Å²) in [5.41, 5.74) is 0.